The highest BCUT2D eigenvalue weighted by atomic mass is 16.5. The van der Waals surface area contributed by atoms with Crippen molar-refractivity contribution in [2.75, 3.05) is 20.3 Å². The van der Waals surface area contributed by atoms with Gasteiger partial charge in [-0.25, -0.2) is 0 Å². The summed E-state index contributed by atoms with van der Waals surface area (Å²) >= 11 is 0. The number of hydrogen-bond acceptors (Lipinski definition) is 4. The molecule has 0 bridgehead atoms. The molecular weight excluding hydrogens is 246 g/mol. The molecule has 1 fully saturated rings. The van der Waals surface area contributed by atoms with E-state index in [1.54, 1.807) is 7.11 Å². The summed E-state index contributed by atoms with van der Waals surface area (Å²) in [5.74, 6) is 1.05. The lowest BCUT2D eigenvalue weighted by atomic mass is 10.2. The van der Waals surface area contributed by atoms with Crippen molar-refractivity contribution in [3.8, 4) is 11.5 Å². The first-order chi connectivity index (χ1) is 9.20. The lowest BCUT2D eigenvalue weighted by Crippen LogP contribution is -2.40. The number of hydrogen-bond donors (Lipinski definition) is 2. The van der Waals surface area contributed by atoms with Crippen molar-refractivity contribution in [3.05, 3.63) is 24.3 Å². The van der Waals surface area contributed by atoms with Gasteiger partial charge in [0, 0.05) is 6.54 Å². The van der Waals surface area contributed by atoms with E-state index in [2.05, 4.69) is 5.32 Å². The molecule has 1 aliphatic carbocycles. The Morgan fingerprint density at radius 2 is 2.00 bits per heavy atom. The van der Waals surface area contributed by atoms with Crippen LogP contribution in [-0.4, -0.2) is 37.4 Å². The van der Waals surface area contributed by atoms with E-state index in [0.29, 0.717) is 19.1 Å². The topological polar surface area (TPSA) is 67.8 Å². The highest BCUT2D eigenvalue weighted by Crippen LogP contribution is 2.32. The fraction of sp³-hybridized carbons (Fsp3) is 0.500. The van der Waals surface area contributed by atoms with Crippen molar-refractivity contribution in [3.63, 3.8) is 0 Å². The van der Waals surface area contributed by atoms with Crippen LogP contribution >= 0.6 is 0 Å². The predicted octanol–water partition coefficient (Wildman–Crippen LogP) is 1.53. The molecule has 19 heavy (non-hydrogen) atoms. The number of ether oxygens (including phenoxy) is 2. The second-order valence-corrected chi connectivity index (χ2v) is 4.63. The van der Waals surface area contributed by atoms with Crippen LogP contribution in [0.4, 0.5) is 0 Å². The molecule has 1 unspecified atom stereocenters. The van der Waals surface area contributed by atoms with E-state index in [9.17, 15) is 4.79 Å². The van der Waals surface area contributed by atoms with E-state index < -0.39 is 12.0 Å². The second-order valence-electron chi connectivity index (χ2n) is 4.63. The lowest BCUT2D eigenvalue weighted by molar-refractivity contribution is -0.140. The van der Waals surface area contributed by atoms with E-state index in [4.69, 9.17) is 14.6 Å². The van der Waals surface area contributed by atoms with E-state index in [1.165, 1.54) is 0 Å². The molecule has 1 aromatic rings. The van der Waals surface area contributed by atoms with Crippen molar-refractivity contribution in [2.24, 2.45) is 5.92 Å². The van der Waals surface area contributed by atoms with Gasteiger partial charge in [-0.2, -0.15) is 0 Å². The highest BCUT2D eigenvalue weighted by Gasteiger charge is 2.35. The summed E-state index contributed by atoms with van der Waals surface area (Å²) in [5.41, 5.74) is 0. The molecule has 1 saturated carbocycles. The maximum atomic E-state index is 11.0. The molecule has 0 spiro atoms. The van der Waals surface area contributed by atoms with Gasteiger partial charge in [0.05, 0.1) is 7.11 Å². The number of aliphatic carboxylic acids is 1. The highest BCUT2D eigenvalue weighted by molar-refractivity contribution is 5.74. The molecule has 2 rings (SSSR count). The van der Waals surface area contributed by atoms with Crippen LogP contribution < -0.4 is 14.8 Å². The summed E-state index contributed by atoms with van der Waals surface area (Å²) < 4.78 is 10.6. The number of methoxy groups -OCH3 is 1. The minimum absolute atomic E-state index is 0.290. The third-order valence-corrected chi connectivity index (χ3v) is 3.15. The Balaban J connectivity index is 1.69. The predicted molar refractivity (Wildman–Crippen MR) is 70.6 cm³/mol. The van der Waals surface area contributed by atoms with Gasteiger partial charge in [0.25, 0.3) is 0 Å². The third-order valence-electron chi connectivity index (χ3n) is 3.15. The molecule has 1 aliphatic rings. The third kappa shape index (κ3) is 4.13. The number of rotatable bonds is 8. The van der Waals surface area contributed by atoms with Gasteiger partial charge in [0.2, 0.25) is 0 Å². The van der Waals surface area contributed by atoms with Crippen LogP contribution in [0.2, 0.25) is 0 Å². The maximum Gasteiger partial charge on any atom is 0.320 e. The molecule has 0 radical (unpaired) electrons. The summed E-state index contributed by atoms with van der Waals surface area (Å²) in [7, 11) is 1.61. The fourth-order valence-corrected chi connectivity index (χ4v) is 1.94. The van der Waals surface area contributed by atoms with Gasteiger partial charge >= 0.3 is 5.97 Å². The van der Waals surface area contributed by atoms with Crippen LogP contribution in [0.3, 0.4) is 0 Å². The zero-order chi connectivity index (χ0) is 13.7. The van der Waals surface area contributed by atoms with Gasteiger partial charge < -0.3 is 19.9 Å². The Morgan fingerprint density at radius 1 is 1.37 bits per heavy atom. The Hall–Kier alpha value is -1.75. The molecular formula is C14H19NO4. The van der Waals surface area contributed by atoms with Crippen LogP contribution in [-0.2, 0) is 4.79 Å². The SMILES string of the molecule is COc1ccc(OCCNC(C(=O)O)C2CC2)cc1. The largest absolute Gasteiger partial charge is 0.497 e. The molecule has 0 aromatic heterocycles. The summed E-state index contributed by atoms with van der Waals surface area (Å²) in [5, 5.41) is 12.1. The minimum atomic E-state index is -0.771. The van der Waals surface area contributed by atoms with E-state index in [0.717, 1.165) is 24.3 Å². The summed E-state index contributed by atoms with van der Waals surface area (Å²) in [6.45, 7) is 0.975. The Labute approximate surface area is 112 Å². The van der Waals surface area contributed by atoms with Crippen LogP contribution in [0.15, 0.2) is 24.3 Å². The van der Waals surface area contributed by atoms with Gasteiger partial charge in [-0.3, -0.25) is 4.79 Å². The van der Waals surface area contributed by atoms with Crippen LogP contribution in [0.1, 0.15) is 12.8 Å². The van der Waals surface area contributed by atoms with Crippen molar-refractivity contribution in [2.45, 2.75) is 18.9 Å². The Bertz CT molecular complexity index is 414. The minimum Gasteiger partial charge on any atom is -0.497 e. The number of carboxylic acids is 1. The first kappa shape index (κ1) is 13.7. The zero-order valence-electron chi connectivity index (χ0n) is 11.0. The van der Waals surface area contributed by atoms with Gasteiger partial charge in [0.1, 0.15) is 24.1 Å². The van der Waals surface area contributed by atoms with Crippen molar-refractivity contribution >= 4 is 5.97 Å². The normalized spacial score (nSPS) is 15.8. The van der Waals surface area contributed by atoms with Gasteiger partial charge in [-0.05, 0) is 43.0 Å². The number of benzene rings is 1. The first-order valence-corrected chi connectivity index (χ1v) is 6.44. The van der Waals surface area contributed by atoms with Gasteiger partial charge in [0.15, 0.2) is 0 Å². The summed E-state index contributed by atoms with van der Waals surface area (Å²) in [6.07, 6.45) is 2.01. The van der Waals surface area contributed by atoms with Gasteiger partial charge in [-0.1, -0.05) is 0 Å². The van der Waals surface area contributed by atoms with Crippen molar-refractivity contribution in [1.29, 1.82) is 0 Å². The van der Waals surface area contributed by atoms with Gasteiger partial charge in [-0.15, -0.1) is 0 Å². The quantitative estimate of drug-likeness (QED) is 0.698. The van der Waals surface area contributed by atoms with Crippen LogP contribution in [0.25, 0.3) is 0 Å². The summed E-state index contributed by atoms with van der Waals surface area (Å²) in [4.78, 5) is 11.0. The maximum absolute atomic E-state index is 11.0. The lowest BCUT2D eigenvalue weighted by Gasteiger charge is -2.13. The Morgan fingerprint density at radius 3 is 2.53 bits per heavy atom. The summed E-state index contributed by atoms with van der Waals surface area (Å²) in [6, 6.07) is 6.88. The number of carbonyl (C=O) groups is 1. The molecule has 0 amide bonds. The van der Waals surface area contributed by atoms with Crippen molar-refractivity contribution < 1.29 is 19.4 Å². The first-order valence-electron chi connectivity index (χ1n) is 6.44. The molecule has 1 aromatic carbocycles. The average molecular weight is 265 g/mol. The van der Waals surface area contributed by atoms with Crippen LogP contribution in [0.5, 0.6) is 11.5 Å². The molecule has 0 saturated heterocycles. The molecule has 1 atom stereocenters. The number of nitrogens with one attached hydrogen (secondary N) is 1. The molecule has 0 aliphatic heterocycles. The molecule has 5 heteroatoms. The number of carboxylic acid groups (broad SMARTS) is 1. The smallest absolute Gasteiger partial charge is 0.320 e. The van der Waals surface area contributed by atoms with E-state index in [-0.39, 0.29) is 0 Å². The van der Waals surface area contributed by atoms with E-state index in [1.807, 2.05) is 24.3 Å². The molecule has 2 N–H and O–H groups in total. The fourth-order valence-electron chi connectivity index (χ4n) is 1.94. The van der Waals surface area contributed by atoms with E-state index >= 15 is 0 Å². The average Bonchev–Trinajstić information content (AvgIpc) is 3.23. The monoisotopic (exact) mass is 265 g/mol. The Kier molecular flexibility index (Phi) is 4.63. The van der Waals surface area contributed by atoms with Crippen molar-refractivity contribution in [1.82, 2.24) is 5.32 Å². The van der Waals surface area contributed by atoms with Crippen LogP contribution in [0, 0.1) is 5.92 Å². The zero-order valence-corrected chi connectivity index (χ0v) is 11.0. The second kappa shape index (κ2) is 6.43. The molecule has 0 heterocycles. The molecule has 104 valence electrons. The molecule has 5 nitrogen and oxygen atoms in total. The standard InChI is InChI=1S/C14H19NO4/c1-18-11-4-6-12(7-5-11)19-9-8-15-13(14(16)17)10-2-3-10/h4-7,10,13,15H,2-3,8-9H2,1H3,(H,16,17).